The molecule has 1 atom stereocenters. The molecule has 0 radical (unpaired) electrons. The Morgan fingerprint density at radius 3 is 2.52 bits per heavy atom. The first-order chi connectivity index (χ1) is 10.3. The van der Waals surface area contributed by atoms with Gasteiger partial charge < -0.3 is 14.8 Å². The summed E-state index contributed by atoms with van der Waals surface area (Å²) in [6.45, 7) is 0.724. The highest BCUT2D eigenvalue weighted by Gasteiger charge is 2.09. The van der Waals surface area contributed by atoms with Gasteiger partial charge in [0.25, 0.3) is 0 Å². The van der Waals surface area contributed by atoms with Gasteiger partial charge in [-0.05, 0) is 24.1 Å². The lowest BCUT2D eigenvalue weighted by Gasteiger charge is -2.15. The van der Waals surface area contributed by atoms with E-state index in [9.17, 15) is 5.11 Å². The highest BCUT2D eigenvalue weighted by Crippen LogP contribution is 2.18. The fourth-order valence-electron chi connectivity index (χ4n) is 2.47. The lowest BCUT2D eigenvalue weighted by molar-refractivity contribution is 0.238. The predicted molar refractivity (Wildman–Crippen MR) is 84.1 cm³/mol. The maximum absolute atomic E-state index is 9.51. The predicted octanol–water partition coefficient (Wildman–Crippen LogP) is 3.13. The largest absolute Gasteiger partial charge is 0.460 e. The average Bonchev–Trinajstić information content (AvgIpc) is 2.95. The molecule has 0 saturated carbocycles. The average molecular weight is 281 g/mol. The molecule has 0 aliphatic heterocycles. The SMILES string of the molecule is OCC(Cc1ccccc1)NCc1cc2ccccc2o1. The summed E-state index contributed by atoms with van der Waals surface area (Å²) in [6, 6.07) is 20.2. The van der Waals surface area contributed by atoms with Crippen LogP contribution in [0.3, 0.4) is 0 Å². The minimum absolute atomic E-state index is 0.0283. The zero-order valence-electron chi connectivity index (χ0n) is 11.8. The van der Waals surface area contributed by atoms with Crippen molar-refractivity contribution in [2.75, 3.05) is 6.61 Å². The Kier molecular flexibility index (Phi) is 4.34. The van der Waals surface area contributed by atoms with Gasteiger partial charge in [0.05, 0.1) is 13.2 Å². The van der Waals surface area contributed by atoms with Crippen LogP contribution in [-0.2, 0) is 13.0 Å². The van der Waals surface area contributed by atoms with E-state index in [1.807, 2.05) is 48.5 Å². The topological polar surface area (TPSA) is 45.4 Å². The van der Waals surface area contributed by atoms with Crippen LogP contribution in [0.2, 0.25) is 0 Å². The van der Waals surface area contributed by atoms with Crippen molar-refractivity contribution in [1.29, 1.82) is 0 Å². The van der Waals surface area contributed by atoms with Crippen molar-refractivity contribution in [2.45, 2.75) is 19.0 Å². The van der Waals surface area contributed by atoms with Gasteiger partial charge in [-0.15, -0.1) is 0 Å². The molecular formula is C18H19NO2. The van der Waals surface area contributed by atoms with Gasteiger partial charge in [-0.3, -0.25) is 0 Å². The number of aliphatic hydroxyl groups is 1. The summed E-state index contributed by atoms with van der Waals surface area (Å²) >= 11 is 0. The highest BCUT2D eigenvalue weighted by atomic mass is 16.3. The summed E-state index contributed by atoms with van der Waals surface area (Å²) in [4.78, 5) is 0. The van der Waals surface area contributed by atoms with Crippen LogP contribution in [0, 0.1) is 0 Å². The van der Waals surface area contributed by atoms with Gasteiger partial charge in [-0.25, -0.2) is 0 Å². The third-order valence-electron chi connectivity index (χ3n) is 3.59. The van der Waals surface area contributed by atoms with Gasteiger partial charge in [-0.1, -0.05) is 48.5 Å². The van der Waals surface area contributed by atoms with Crippen LogP contribution >= 0.6 is 0 Å². The minimum Gasteiger partial charge on any atom is -0.460 e. The Morgan fingerprint density at radius 2 is 1.76 bits per heavy atom. The van der Waals surface area contributed by atoms with Crippen molar-refractivity contribution in [3.8, 4) is 0 Å². The molecule has 2 N–H and O–H groups in total. The fourth-order valence-corrected chi connectivity index (χ4v) is 2.47. The third-order valence-corrected chi connectivity index (χ3v) is 3.59. The van der Waals surface area contributed by atoms with E-state index in [0.717, 1.165) is 23.2 Å². The van der Waals surface area contributed by atoms with E-state index in [1.54, 1.807) is 0 Å². The number of nitrogens with one attached hydrogen (secondary N) is 1. The van der Waals surface area contributed by atoms with Crippen LogP contribution in [0.25, 0.3) is 11.0 Å². The van der Waals surface area contributed by atoms with Crippen molar-refractivity contribution in [3.63, 3.8) is 0 Å². The second-order valence-electron chi connectivity index (χ2n) is 5.20. The number of benzene rings is 2. The van der Waals surface area contributed by atoms with Crippen LogP contribution in [0.4, 0.5) is 0 Å². The van der Waals surface area contributed by atoms with E-state index in [0.29, 0.717) is 6.54 Å². The molecule has 3 rings (SSSR count). The standard InChI is InChI=1S/C18H19NO2/c20-13-16(10-14-6-2-1-3-7-14)19-12-17-11-15-8-4-5-9-18(15)21-17/h1-9,11,16,19-20H,10,12-13H2. The molecule has 108 valence electrons. The fraction of sp³-hybridized carbons (Fsp3) is 0.222. The van der Waals surface area contributed by atoms with Gasteiger partial charge in [0, 0.05) is 11.4 Å². The minimum atomic E-state index is 0.0283. The maximum atomic E-state index is 9.51. The summed E-state index contributed by atoms with van der Waals surface area (Å²) in [5, 5.41) is 14.0. The first kappa shape index (κ1) is 13.9. The number of hydrogen-bond donors (Lipinski definition) is 2. The van der Waals surface area contributed by atoms with Gasteiger partial charge in [-0.2, -0.15) is 0 Å². The molecule has 3 heteroatoms. The normalized spacial score (nSPS) is 12.6. The molecule has 1 aromatic heterocycles. The monoisotopic (exact) mass is 281 g/mol. The number of rotatable bonds is 6. The van der Waals surface area contributed by atoms with E-state index in [4.69, 9.17) is 4.42 Å². The van der Waals surface area contributed by atoms with Crippen molar-refractivity contribution in [3.05, 3.63) is 72.0 Å². The quantitative estimate of drug-likeness (QED) is 0.729. The summed E-state index contributed by atoms with van der Waals surface area (Å²) in [7, 11) is 0. The lowest BCUT2D eigenvalue weighted by atomic mass is 10.1. The Hall–Kier alpha value is -2.10. The van der Waals surface area contributed by atoms with E-state index in [1.165, 1.54) is 5.56 Å². The molecule has 3 aromatic rings. The first-order valence-electron chi connectivity index (χ1n) is 7.21. The van der Waals surface area contributed by atoms with Gasteiger partial charge in [0.2, 0.25) is 0 Å². The van der Waals surface area contributed by atoms with Crippen molar-refractivity contribution < 1.29 is 9.52 Å². The Labute approximate surface area is 124 Å². The van der Waals surface area contributed by atoms with E-state index in [-0.39, 0.29) is 12.6 Å². The van der Waals surface area contributed by atoms with Gasteiger partial charge >= 0.3 is 0 Å². The number of fused-ring (bicyclic) bond motifs is 1. The second kappa shape index (κ2) is 6.57. The summed E-state index contributed by atoms with van der Waals surface area (Å²) in [5.41, 5.74) is 2.12. The molecule has 3 nitrogen and oxygen atoms in total. The van der Waals surface area contributed by atoms with Crippen molar-refractivity contribution >= 4 is 11.0 Å². The number of furan rings is 1. The van der Waals surface area contributed by atoms with Crippen LogP contribution in [0.15, 0.2) is 65.1 Å². The number of para-hydroxylation sites is 1. The molecule has 1 unspecified atom stereocenters. The van der Waals surface area contributed by atoms with Crippen molar-refractivity contribution in [1.82, 2.24) is 5.32 Å². The third kappa shape index (κ3) is 3.51. The number of aliphatic hydroxyl groups excluding tert-OH is 1. The molecule has 21 heavy (non-hydrogen) atoms. The second-order valence-corrected chi connectivity index (χ2v) is 5.20. The zero-order chi connectivity index (χ0) is 14.5. The van der Waals surface area contributed by atoms with Crippen LogP contribution in [0.5, 0.6) is 0 Å². The molecule has 0 amide bonds. The Bertz CT molecular complexity index is 658. The number of hydrogen-bond acceptors (Lipinski definition) is 3. The highest BCUT2D eigenvalue weighted by molar-refractivity contribution is 5.77. The zero-order valence-corrected chi connectivity index (χ0v) is 11.8. The summed E-state index contributed by atoms with van der Waals surface area (Å²) in [5.74, 6) is 0.891. The van der Waals surface area contributed by atoms with Gasteiger partial charge in [0.15, 0.2) is 0 Å². The molecule has 0 saturated heterocycles. The maximum Gasteiger partial charge on any atom is 0.134 e. The lowest BCUT2D eigenvalue weighted by Crippen LogP contribution is -2.33. The molecule has 0 aliphatic carbocycles. The molecule has 2 aromatic carbocycles. The Balaban J connectivity index is 1.62. The van der Waals surface area contributed by atoms with Crippen LogP contribution in [-0.4, -0.2) is 17.8 Å². The van der Waals surface area contributed by atoms with Crippen LogP contribution < -0.4 is 5.32 Å². The van der Waals surface area contributed by atoms with E-state index in [2.05, 4.69) is 17.4 Å². The molecule has 1 heterocycles. The van der Waals surface area contributed by atoms with Crippen LogP contribution in [0.1, 0.15) is 11.3 Å². The molecule has 0 fully saturated rings. The summed E-state index contributed by atoms with van der Waals surface area (Å²) < 4.78 is 5.77. The van der Waals surface area contributed by atoms with E-state index < -0.39 is 0 Å². The molecule has 0 aliphatic rings. The molecule has 0 bridgehead atoms. The molecular weight excluding hydrogens is 262 g/mol. The van der Waals surface area contributed by atoms with Gasteiger partial charge in [0.1, 0.15) is 11.3 Å². The van der Waals surface area contributed by atoms with Crippen molar-refractivity contribution in [2.24, 2.45) is 0 Å². The molecule has 0 spiro atoms. The van der Waals surface area contributed by atoms with E-state index >= 15 is 0 Å². The summed E-state index contributed by atoms with van der Waals surface area (Å²) in [6.07, 6.45) is 0.803. The smallest absolute Gasteiger partial charge is 0.134 e. The first-order valence-corrected chi connectivity index (χ1v) is 7.21. The Morgan fingerprint density at radius 1 is 1.00 bits per heavy atom.